The Balaban J connectivity index is 2.74. The van der Waals surface area contributed by atoms with Crippen LogP contribution in [0.2, 0.25) is 0 Å². The van der Waals surface area contributed by atoms with E-state index in [0.717, 1.165) is 0 Å². The van der Waals surface area contributed by atoms with E-state index in [-0.39, 0.29) is 35.8 Å². The Morgan fingerprint density at radius 2 is 2.05 bits per heavy atom. The molecule has 0 spiro atoms. The molecule has 0 saturated carbocycles. The summed E-state index contributed by atoms with van der Waals surface area (Å²) in [4.78, 5) is 10.9. The molecular formula is C12H17NO6S. The molecule has 0 saturated heterocycles. The van der Waals surface area contributed by atoms with Crippen LogP contribution >= 0.6 is 0 Å². The van der Waals surface area contributed by atoms with E-state index in [4.69, 9.17) is 4.74 Å². The Bertz CT molecular complexity index is 569. The lowest BCUT2D eigenvalue weighted by molar-refractivity contribution is -0.140. The molecule has 0 unspecified atom stereocenters. The fourth-order valence-electron chi connectivity index (χ4n) is 1.51. The van der Waals surface area contributed by atoms with Gasteiger partial charge in [-0.2, -0.15) is 0 Å². The number of para-hydroxylation sites is 1. The summed E-state index contributed by atoms with van der Waals surface area (Å²) in [6, 6.07) is 4.39. The van der Waals surface area contributed by atoms with Gasteiger partial charge in [-0.15, -0.1) is 0 Å². The summed E-state index contributed by atoms with van der Waals surface area (Å²) in [5, 5.41) is 9.66. The Kier molecular flexibility index (Phi) is 5.63. The van der Waals surface area contributed by atoms with E-state index in [9.17, 15) is 18.3 Å². The molecule has 20 heavy (non-hydrogen) atoms. The van der Waals surface area contributed by atoms with Gasteiger partial charge < -0.3 is 14.6 Å². The highest BCUT2D eigenvalue weighted by Crippen LogP contribution is 2.34. The van der Waals surface area contributed by atoms with Crippen LogP contribution in [0.25, 0.3) is 0 Å². The number of anilines is 1. The van der Waals surface area contributed by atoms with Gasteiger partial charge in [0.1, 0.15) is 17.2 Å². The largest absolute Gasteiger partial charge is 0.506 e. The maximum absolute atomic E-state index is 11.9. The molecule has 0 atom stereocenters. The van der Waals surface area contributed by atoms with Crippen LogP contribution in [0.5, 0.6) is 11.5 Å². The summed E-state index contributed by atoms with van der Waals surface area (Å²) >= 11 is 0. The Morgan fingerprint density at radius 3 is 2.65 bits per heavy atom. The molecule has 0 fully saturated rings. The van der Waals surface area contributed by atoms with Crippen LogP contribution in [0.4, 0.5) is 5.69 Å². The van der Waals surface area contributed by atoms with Crippen molar-refractivity contribution >= 4 is 21.7 Å². The molecule has 0 radical (unpaired) electrons. The zero-order valence-electron chi connectivity index (χ0n) is 11.3. The van der Waals surface area contributed by atoms with Gasteiger partial charge in [0.05, 0.1) is 20.0 Å². The molecule has 0 aromatic heterocycles. The minimum absolute atomic E-state index is 0.00924. The third kappa shape index (κ3) is 4.61. The number of hydrogen-bond acceptors (Lipinski definition) is 6. The van der Waals surface area contributed by atoms with E-state index in [2.05, 4.69) is 9.46 Å². The zero-order valence-corrected chi connectivity index (χ0v) is 12.1. The molecule has 2 N–H and O–H groups in total. The van der Waals surface area contributed by atoms with Crippen LogP contribution in [-0.4, -0.2) is 39.5 Å². The first kappa shape index (κ1) is 16.1. The lowest BCUT2D eigenvalue weighted by Gasteiger charge is -2.12. The Hall–Kier alpha value is -1.96. The number of esters is 1. The summed E-state index contributed by atoms with van der Waals surface area (Å²) in [5.74, 6) is -0.762. The normalized spacial score (nSPS) is 10.9. The summed E-state index contributed by atoms with van der Waals surface area (Å²) in [6.45, 7) is 0. The second-order valence-corrected chi connectivity index (χ2v) is 5.80. The van der Waals surface area contributed by atoms with Crippen molar-refractivity contribution in [1.82, 2.24) is 0 Å². The average molecular weight is 303 g/mol. The highest BCUT2D eigenvalue weighted by molar-refractivity contribution is 7.92. The number of benzene rings is 1. The van der Waals surface area contributed by atoms with Gasteiger partial charge in [0, 0.05) is 6.42 Å². The third-order valence-corrected chi connectivity index (χ3v) is 3.84. The zero-order chi connectivity index (χ0) is 15.2. The smallest absolute Gasteiger partial charge is 0.305 e. The number of carbonyl (C=O) groups is 1. The molecule has 0 bridgehead atoms. The summed E-state index contributed by atoms with van der Waals surface area (Å²) in [7, 11) is -1.09. The van der Waals surface area contributed by atoms with Crippen LogP contribution in [0.1, 0.15) is 12.8 Å². The van der Waals surface area contributed by atoms with Crippen molar-refractivity contribution in [3.05, 3.63) is 18.2 Å². The number of carbonyl (C=O) groups excluding carboxylic acids is 1. The lowest BCUT2D eigenvalue weighted by atomic mass is 10.3. The molecule has 0 aliphatic carbocycles. The molecule has 1 aromatic rings. The quantitative estimate of drug-likeness (QED) is 0.577. The van der Waals surface area contributed by atoms with E-state index in [0.29, 0.717) is 0 Å². The number of phenols is 1. The molecule has 1 rings (SSSR count). The van der Waals surface area contributed by atoms with Gasteiger partial charge >= 0.3 is 5.97 Å². The average Bonchev–Trinajstić information content (AvgIpc) is 2.40. The van der Waals surface area contributed by atoms with Crippen LogP contribution in [0.15, 0.2) is 18.2 Å². The third-order valence-electron chi connectivity index (χ3n) is 2.50. The number of rotatable bonds is 7. The van der Waals surface area contributed by atoms with E-state index in [1.807, 2.05) is 0 Å². The fraction of sp³-hybridized carbons (Fsp3) is 0.417. The topological polar surface area (TPSA) is 102 Å². The Morgan fingerprint density at radius 1 is 1.35 bits per heavy atom. The number of sulfonamides is 1. The van der Waals surface area contributed by atoms with Gasteiger partial charge in [-0.1, -0.05) is 6.07 Å². The molecule has 1 aromatic carbocycles. The summed E-state index contributed by atoms with van der Waals surface area (Å²) in [5.41, 5.74) is -0.0203. The predicted octanol–water partition coefficient (Wildman–Crippen LogP) is 1.10. The minimum Gasteiger partial charge on any atom is -0.506 e. The minimum atomic E-state index is -3.69. The predicted molar refractivity (Wildman–Crippen MR) is 73.3 cm³/mol. The van der Waals surface area contributed by atoms with Crippen molar-refractivity contribution in [3.63, 3.8) is 0 Å². The summed E-state index contributed by atoms with van der Waals surface area (Å²) in [6.07, 6.45) is 0.132. The van der Waals surface area contributed by atoms with Gasteiger partial charge in [0.2, 0.25) is 10.0 Å². The SMILES string of the molecule is COC(=O)CCCS(=O)(=O)Nc1c(O)cccc1OC. The van der Waals surface area contributed by atoms with Gasteiger partial charge in [-0.3, -0.25) is 9.52 Å². The number of hydrogen-bond donors (Lipinski definition) is 2. The molecule has 0 aliphatic heterocycles. The second-order valence-electron chi connectivity index (χ2n) is 3.96. The highest BCUT2D eigenvalue weighted by Gasteiger charge is 2.17. The van der Waals surface area contributed by atoms with Crippen molar-refractivity contribution < 1.29 is 27.8 Å². The molecular weight excluding hydrogens is 286 g/mol. The van der Waals surface area contributed by atoms with E-state index in [1.54, 1.807) is 0 Å². The maximum atomic E-state index is 11.9. The highest BCUT2D eigenvalue weighted by atomic mass is 32.2. The van der Waals surface area contributed by atoms with Crippen LogP contribution < -0.4 is 9.46 Å². The second kappa shape index (κ2) is 6.99. The number of nitrogens with one attached hydrogen (secondary N) is 1. The van der Waals surface area contributed by atoms with Gasteiger partial charge in [0.15, 0.2) is 0 Å². The van der Waals surface area contributed by atoms with Crippen molar-refractivity contribution in [3.8, 4) is 11.5 Å². The van der Waals surface area contributed by atoms with Crippen LogP contribution in [-0.2, 0) is 19.6 Å². The first-order valence-electron chi connectivity index (χ1n) is 5.83. The molecule has 0 aliphatic rings. The van der Waals surface area contributed by atoms with Crippen LogP contribution in [0.3, 0.4) is 0 Å². The summed E-state index contributed by atoms with van der Waals surface area (Å²) < 4.78 is 35.4. The maximum Gasteiger partial charge on any atom is 0.305 e. The van der Waals surface area contributed by atoms with Crippen molar-refractivity contribution in [2.24, 2.45) is 0 Å². The Labute approximate surface area is 117 Å². The monoisotopic (exact) mass is 303 g/mol. The molecule has 112 valence electrons. The fourth-order valence-corrected chi connectivity index (χ4v) is 2.65. The van der Waals surface area contributed by atoms with Crippen molar-refractivity contribution in [2.75, 3.05) is 24.7 Å². The lowest BCUT2D eigenvalue weighted by Crippen LogP contribution is -2.18. The van der Waals surface area contributed by atoms with Gasteiger partial charge in [0.25, 0.3) is 0 Å². The molecule has 7 nitrogen and oxygen atoms in total. The van der Waals surface area contributed by atoms with Crippen molar-refractivity contribution in [1.29, 1.82) is 0 Å². The van der Waals surface area contributed by atoms with Gasteiger partial charge in [-0.05, 0) is 18.6 Å². The van der Waals surface area contributed by atoms with E-state index < -0.39 is 16.0 Å². The van der Waals surface area contributed by atoms with Crippen molar-refractivity contribution in [2.45, 2.75) is 12.8 Å². The number of methoxy groups -OCH3 is 2. The molecule has 8 heteroatoms. The van der Waals surface area contributed by atoms with E-state index in [1.165, 1.54) is 32.4 Å². The number of ether oxygens (including phenoxy) is 2. The first-order valence-corrected chi connectivity index (χ1v) is 7.48. The van der Waals surface area contributed by atoms with Gasteiger partial charge in [-0.25, -0.2) is 8.42 Å². The molecule has 0 heterocycles. The van der Waals surface area contributed by atoms with E-state index >= 15 is 0 Å². The number of aromatic hydroxyl groups is 1. The standard InChI is InChI=1S/C12H17NO6S/c1-18-10-6-3-5-9(14)12(10)13-20(16,17)8-4-7-11(15)19-2/h3,5-6,13-14H,4,7-8H2,1-2H3. The molecule has 0 amide bonds. The van der Waals surface area contributed by atoms with Crippen LogP contribution in [0, 0.1) is 0 Å². The first-order chi connectivity index (χ1) is 9.39. The number of phenolic OH excluding ortho intramolecular Hbond substituents is 1.